The lowest BCUT2D eigenvalue weighted by molar-refractivity contribution is 0.0420. The van der Waals surface area contributed by atoms with E-state index in [1.165, 1.54) is 32.4 Å². The predicted molar refractivity (Wildman–Crippen MR) is 119 cm³/mol. The van der Waals surface area contributed by atoms with Crippen molar-refractivity contribution in [3.05, 3.63) is 0 Å². The Labute approximate surface area is 176 Å². The third kappa shape index (κ3) is 9.19. The van der Waals surface area contributed by atoms with Crippen LogP contribution in [0.2, 0.25) is 0 Å². The average Bonchev–Trinajstić information content (AvgIpc) is 3.29. The number of guanidine groups is 1. The Balaban J connectivity index is 0.00000338. The van der Waals surface area contributed by atoms with Crippen molar-refractivity contribution in [1.82, 2.24) is 15.5 Å². The predicted octanol–water partition coefficient (Wildman–Crippen LogP) is 2.48. The van der Waals surface area contributed by atoms with Crippen molar-refractivity contribution in [2.24, 2.45) is 10.9 Å². The van der Waals surface area contributed by atoms with Crippen LogP contribution in [-0.2, 0) is 9.47 Å². The number of hydrogen-bond acceptors (Lipinski definition) is 4. The van der Waals surface area contributed by atoms with Gasteiger partial charge < -0.3 is 20.1 Å². The van der Waals surface area contributed by atoms with E-state index in [0.717, 1.165) is 57.6 Å². The monoisotopic (exact) mass is 482 g/mol. The van der Waals surface area contributed by atoms with Gasteiger partial charge in [0.25, 0.3) is 0 Å². The zero-order valence-corrected chi connectivity index (χ0v) is 19.2. The first-order valence-corrected chi connectivity index (χ1v) is 10.1. The molecular weight excluding hydrogens is 443 g/mol. The largest absolute Gasteiger partial charge is 0.379 e. The van der Waals surface area contributed by atoms with Crippen LogP contribution < -0.4 is 10.6 Å². The molecule has 2 saturated heterocycles. The summed E-state index contributed by atoms with van der Waals surface area (Å²) in [6.45, 7) is 11.3. The van der Waals surface area contributed by atoms with Crippen molar-refractivity contribution >= 4 is 29.9 Å². The maximum Gasteiger partial charge on any atom is 0.191 e. The van der Waals surface area contributed by atoms with E-state index >= 15 is 0 Å². The van der Waals surface area contributed by atoms with Crippen LogP contribution in [0.3, 0.4) is 0 Å². The smallest absolute Gasteiger partial charge is 0.191 e. The Morgan fingerprint density at radius 1 is 1.27 bits per heavy atom. The fourth-order valence-electron chi connectivity index (χ4n) is 3.62. The third-order valence-electron chi connectivity index (χ3n) is 4.98. The zero-order valence-electron chi connectivity index (χ0n) is 16.8. The highest BCUT2D eigenvalue weighted by molar-refractivity contribution is 14.0. The number of aliphatic imine (C=N–C) groups is 1. The quantitative estimate of drug-likeness (QED) is 0.217. The first-order chi connectivity index (χ1) is 12.2. The van der Waals surface area contributed by atoms with E-state index in [1.54, 1.807) is 0 Å². The minimum atomic E-state index is 0. The normalized spacial score (nSPS) is 22.5. The van der Waals surface area contributed by atoms with Gasteiger partial charge in [-0.25, -0.2) is 0 Å². The minimum absolute atomic E-state index is 0. The van der Waals surface area contributed by atoms with Crippen molar-refractivity contribution in [3.8, 4) is 0 Å². The lowest BCUT2D eigenvalue weighted by atomic mass is 10.0. The molecule has 0 radical (unpaired) electrons. The molecule has 154 valence electrons. The molecule has 0 aromatic heterocycles. The molecule has 26 heavy (non-hydrogen) atoms. The molecule has 0 aliphatic carbocycles. The van der Waals surface area contributed by atoms with Crippen LogP contribution in [0.5, 0.6) is 0 Å². The van der Waals surface area contributed by atoms with Crippen molar-refractivity contribution < 1.29 is 9.47 Å². The van der Waals surface area contributed by atoms with Gasteiger partial charge in [0.1, 0.15) is 0 Å². The van der Waals surface area contributed by atoms with Crippen LogP contribution in [0, 0.1) is 5.92 Å². The molecule has 6 nitrogen and oxygen atoms in total. The molecule has 0 aromatic carbocycles. The van der Waals surface area contributed by atoms with E-state index in [0.29, 0.717) is 12.1 Å². The Kier molecular flexibility index (Phi) is 12.8. The number of nitrogens with one attached hydrogen (secondary N) is 2. The molecule has 2 unspecified atom stereocenters. The Morgan fingerprint density at radius 2 is 2.04 bits per heavy atom. The summed E-state index contributed by atoms with van der Waals surface area (Å²) in [7, 11) is 1.84. The van der Waals surface area contributed by atoms with Crippen LogP contribution in [-0.4, -0.2) is 76.1 Å². The Hall–Kier alpha value is -0.120. The maximum atomic E-state index is 5.80. The van der Waals surface area contributed by atoms with Crippen molar-refractivity contribution in [2.45, 2.75) is 58.1 Å². The summed E-state index contributed by atoms with van der Waals surface area (Å²) in [6.07, 6.45) is 6.24. The molecule has 0 amide bonds. The summed E-state index contributed by atoms with van der Waals surface area (Å²) in [5.41, 5.74) is 0. The number of ether oxygens (including phenoxy) is 2. The number of rotatable bonds is 10. The summed E-state index contributed by atoms with van der Waals surface area (Å²) in [4.78, 5) is 6.99. The molecule has 0 bridgehead atoms. The van der Waals surface area contributed by atoms with Gasteiger partial charge in [-0.15, -0.1) is 24.0 Å². The molecule has 2 rings (SSSR count). The number of likely N-dealkylation sites (tertiary alicyclic amines) is 1. The lowest BCUT2D eigenvalue weighted by Crippen LogP contribution is -2.47. The fourth-order valence-corrected chi connectivity index (χ4v) is 3.62. The number of halogens is 1. The van der Waals surface area contributed by atoms with Crippen molar-refractivity contribution in [1.29, 1.82) is 0 Å². The van der Waals surface area contributed by atoms with Crippen molar-refractivity contribution in [2.75, 3.05) is 53.0 Å². The van der Waals surface area contributed by atoms with E-state index in [4.69, 9.17) is 9.47 Å². The molecule has 2 aliphatic rings. The highest BCUT2D eigenvalue weighted by atomic mass is 127. The molecule has 0 aromatic rings. The molecule has 2 heterocycles. The van der Waals surface area contributed by atoms with E-state index in [9.17, 15) is 0 Å². The van der Waals surface area contributed by atoms with Gasteiger partial charge >= 0.3 is 0 Å². The molecule has 2 atom stereocenters. The summed E-state index contributed by atoms with van der Waals surface area (Å²) >= 11 is 0. The SMILES string of the molecule is CN=C(NCCCOC1CCOC1)NCC(CC(C)C)N1CCCC1.I. The second kappa shape index (κ2) is 14.0. The van der Waals surface area contributed by atoms with E-state index in [-0.39, 0.29) is 24.0 Å². The van der Waals surface area contributed by atoms with E-state index in [1.807, 2.05) is 7.05 Å². The Bertz CT molecular complexity index is 384. The first kappa shape index (κ1) is 23.9. The molecule has 0 spiro atoms. The molecular formula is C19H39IN4O2. The number of nitrogens with zero attached hydrogens (tertiary/aromatic N) is 2. The highest BCUT2D eigenvalue weighted by Crippen LogP contribution is 2.17. The minimum Gasteiger partial charge on any atom is -0.379 e. The van der Waals surface area contributed by atoms with E-state index in [2.05, 4.69) is 34.4 Å². The van der Waals surface area contributed by atoms with E-state index < -0.39 is 0 Å². The van der Waals surface area contributed by atoms with Crippen molar-refractivity contribution in [3.63, 3.8) is 0 Å². The number of hydrogen-bond donors (Lipinski definition) is 2. The summed E-state index contributed by atoms with van der Waals surface area (Å²) in [5, 5.41) is 6.92. The summed E-state index contributed by atoms with van der Waals surface area (Å²) in [5.74, 6) is 1.62. The third-order valence-corrected chi connectivity index (χ3v) is 4.98. The van der Waals surface area contributed by atoms with Gasteiger partial charge in [-0.05, 0) is 51.1 Å². The molecule has 2 fully saturated rings. The maximum absolute atomic E-state index is 5.80. The van der Waals surface area contributed by atoms with Gasteiger partial charge in [-0.2, -0.15) is 0 Å². The highest BCUT2D eigenvalue weighted by Gasteiger charge is 2.22. The molecule has 0 saturated carbocycles. The second-order valence-electron chi connectivity index (χ2n) is 7.62. The van der Waals surface area contributed by atoms with Gasteiger partial charge in [-0.3, -0.25) is 9.89 Å². The molecule has 7 heteroatoms. The van der Waals surface area contributed by atoms with Crippen LogP contribution in [0.4, 0.5) is 0 Å². The van der Waals surface area contributed by atoms with Crippen LogP contribution in [0.15, 0.2) is 4.99 Å². The standard InChI is InChI=1S/C19H38N4O2.HI/c1-16(2)13-17(23-9-4-5-10-23)14-22-19(20-3)21-8-6-11-25-18-7-12-24-15-18;/h16-18H,4-15H2,1-3H3,(H2,20,21,22);1H. The topological polar surface area (TPSA) is 58.1 Å². The summed E-state index contributed by atoms with van der Waals surface area (Å²) in [6, 6.07) is 0.603. The molecule has 2 aliphatic heterocycles. The molecule has 2 N–H and O–H groups in total. The van der Waals surface area contributed by atoms with Gasteiger partial charge in [0, 0.05) is 39.4 Å². The fraction of sp³-hybridized carbons (Fsp3) is 0.947. The second-order valence-corrected chi connectivity index (χ2v) is 7.62. The Morgan fingerprint density at radius 3 is 2.65 bits per heavy atom. The average molecular weight is 482 g/mol. The van der Waals surface area contributed by atoms with Gasteiger partial charge in [0.15, 0.2) is 5.96 Å². The van der Waals surface area contributed by atoms with Crippen LogP contribution in [0.25, 0.3) is 0 Å². The van der Waals surface area contributed by atoms with Crippen LogP contribution in [0.1, 0.15) is 46.0 Å². The van der Waals surface area contributed by atoms with Crippen LogP contribution >= 0.6 is 24.0 Å². The van der Waals surface area contributed by atoms with Gasteiger partial charge in [-0.1, -0.05) is 13.8 Å². The first-order valence-electron chi connectivity index (χ1n) is 10.1. The zero-order chi connectivity index (χ0) is 17.9. The summed E-state index contributed by atoms with van der Waals surface area (Å²) < 4.78 is 11.1. The van der Waals surface area contributed by atoms with Gasteiger partial charge in [0.2, 0.25) is 0 Å². The van der Waals surface area contributed by atoms with Gasteiger partial charge in [0.05, 0.1) is 12.7 Å². The lowest BCUT2D eigenvalue weighted by Gasteiger charge is -2.29.